The molecule has 1 amide bonds. The van der Waals surface area contributed by atoms with Gasteiger partial charge in [0, 0.05) is 0 Å². The number of hydrogen-bond donors (Lipinski definition) is 2. The van der Waals surface area contributed by atoms with Crippen molar-refractivity contribution >= 4 is 33.2 Å². The third-order valence-corrected chi connectivity index (χ3v) is 4.34. The van der Waals surface area contributed by atoms with Gasteiger partial charge in [-0.05, 0) is 42.8 Å². The van der Waals surface area contributed by atoms with Gasteiger partial charge >= 0.3 is 0 Å². The van der Waals surface area contributed by atoms with Crippen molar-refractivity contribution in [2.75, 3.05) is 12.4 Å². The zero-order chi connectivity index (χ0) is 17.2. The zero-order valence-corrected chi connectivity index (χ0v) is 14.0. The predicted molar refractivity (Wildman–Crippen MR) is 88.5 cm³/mol. The van der Waals surface area contributed by atoms with Gasteiger partial charge in [-0.15, -0.1) is 0 Å². The molecule has 0 saturated carbocycles. The fraction of sp³-hybridized carbons (Fsp3) is 0.133. The van der Waals surface area contributed by atoms with Crippen molar-refractivity contribution in [2.24, 2.45) is 5.14 Å². The highest BCUT2D eigenvalue weighted by Crippen LogP contribution is 2.26. The third-order valence-electron chi connectivity index (χ3n) is 3.12. The minimum Gasteiger partial charge on any atom is -0.496 e. The minimum atomic E-state index is -3.93. The first kappa shape index (κ1) is 17.3. The van der Waals surface area contributed by atoms with E-state index in [-0.39, 0.29) is 16.2 Å². The summed E-state index contributed by atoms with van der Waals surface area (Å²) in [5, 5.41) is 8.08. The maximum atomic E-state index is 12.4. The van der Waals surface area contributed by atoms with Crippen LogP contribution in [0.5, 0.6) is 5.75 Å². The molecule has 0 spiro atoms. The predicted octanol–water partition coefficient (Wildman–Crippen LogP) is 2.56. The molecule has 0 fully saturated rings. The molecule has 0 aliphatic carbocycles. The number of ether oxygens (including phenoxy) is 1. The Morgan fingerprint density at radius 1 is 1.22 bits per heavy atom. The lowest BCUT2D eigenvalue weighted by molar-refractivity contribution is 0.102. The number of aryl methyl sites for hydroxylation is 1. The van der Waals surface area contributed by atoms with Gasteiger partial charge in [-0.25, -0.2) is 13.6 Å². The quantitative estimate of drug-likeness (QED) is 0.881. The maximum Gasteiger partial charge on any atom is 0.259 e. The standard InChI is InChI=1S/C15H15ClN2O4S/c1-9-3-5-13(12(16)7-9)18-15(19)11-8-10(23(17,20)21)4-6-14(11)22-2/h3-8H,1-2H3,(H,18,19)(H2,17,20,21). The average molecular weight is 355 g/mol. The molecule has 122 valence electrons. The van der Waals surface area contributed by atoms with Crippen molar-refractivity contribution in [1.29, 1.82) is 0 Å². The molecule has 23 heavy (non-hydrogen) atoms. The summed E-state index contributed by atoms with van der Waals surface area (Å²) in [6.45, 7) is 1.87. The first-order valence-electron chi connectivity index (χ1n) is 6.50. The largest absolute Gasteiger partial charge is 0.496 e. The number of benzene rings is 2. The monoisotopic (exact) mass is 354 g/mol. The van der Waals surface area contributed by atoms with Crippen LogP contribution in [0.1, 0.15) is 15.9 Å². The molecule has 8 heteroatoms. The Kier molecular flexibility index (Phi) is 4.93. The molecule has 0 radical (unpaired) electrons. The van der Waals surface area contributed by atoms with Gasteiger partial charge in [-0.2, -0.15) is 0 Å². The van der Waals surface area contributed by atoms with Gasteiger partial charge in [0.15, 0.2) is 0 Å². The molecule has 2 rings (SSSR count). The fourth-order valence-corrected chi connectivity index (χ4v) is 2.77. The van der Waals surface area contributed by atoms with Crippen LogP contribution >= 0.6 is 11.6 Å². The second-order valence-electron chi connectivity index (χ2n) is 4.84. The number of methoxy groups -OCH3 is 1. The highest BCUT2D eigenvalue weighted by molar-refractivity contribution is 7.89. The topological polar surface area (TPSA) is 98.5 Å². The number of sulfonamides is 1. The molecular formula is C15H15ClN2O4S. The van der Waals surface area contributed by atoms with Crippen molar-refractivity contribution in [3.63, 3.8) is 0 Å². The van der Waals surface area contributed by atoms with Gasteiger partial charge < -0.3 is 10.1 Å². The SMILES string of the molecule is COc1ccc(S(N)(=O)=O)cc1C(=O)Nc1ccc(C)cc1Cl. The smallest absolute Gasteiger partial charge is 0.259 e. The number of anilines is 1. The fourth-order valence-electron chi connectivity index (χ4n) is 1.95. The third kappa shape index (κ3) is 4.01. The van der Waals surface area contributed by atoms with Crippen LogP contribution in [-0.2, 0) is 10.0 Å². The van der Waals surface area contributed by atoms with E-state index in [1.165, 1.54) is 19.2 Å². The Morgan fingerprint density at radius 3 is 2.48 bits per heavy atom. The van der Waals surface area contributed by atoms with E-state index in [4.69, 9.17) is 21.5 Å². The first-order chi connectivity index (χ1) is 10.7. The van der Waals surface area contributed by atoms with Crippen molar-refractivity contribution < 1.29 is 17.9 Å². The van der Waals surface area contributed by atoms with Gasteiger partial charge in [0.05, 0.1) is 28.3 Å². The number of hydrogen-bond acceptors (Lipinski definition) is 4. The van der Waals surface area contributed by atoms with E-state index in [0.717, 1.165) is 11.6 Å². The van der Waals surface area contributed by atoms with E-state index in [1.807, 2.05) is 6.92 Å². The summed E-state index contributed by atoms with van der Waals surface area (Å²) in [7, 11) is -2.56. The van der Waals surface area contributed by atoms with Gasteiger partial charge in [-0.3, -0.25) is 4.79 Å². The summed E-state index contributed by atoms with van der Waals surface area (Å²) in [4.78, 5) is 12.2. The van der Waals surface area contributed by atoms with Crippen LogP contribution < -0.4 is 15.2 Å². The Balaban J connectivity index is 2.41. The van der Waals surface area contributed by atoms with Gasteiger partial charge in [-0.1, -0.05) is 17.7 Å². The van der Waals surface area contributed by atoms with Crippen LogP contribution in [0, 0.1) is 6.92 Å². The maximum absolute atomic E-state index is 12.4. The van der Waals surface area contributed by atoms with Crippen molar-refractivity contribution in [1.82, 2.24) is 0 Å². The first-order valence-corrected chi connectivity index (χ1v) is 8.43. The van der Waals surface area contributed by atoms with E-state index >= 15 is 0 Å². The molecule has 2 aromatic carbocycles. The van der Waals surface area contributed by atoms with Crippen LogP contribution in [0.4, 0.5) is 5.69 Å². The number of amides is 1. The Morgan fingerprint density at radius 2 is 1.91 bits per heavy atom. The average Bonchev–Trinajstić information content (AvgIpc) is 2.48. The van der Waals surface area contributed by atoms with Crippen LogP contribution in [-0.4, -0.2) is 21.4 Å². The molecule has 2 aromatic rings. The van der Waals surface area contributed by atoms with Crippen LogP contribution in [0.2, 0.25) is 5.02 Å². The van der Waals surface area contributed by atoms with E-state index < -0.39 is 15.9 Å². The van der Waals surface area contributed by atoms with Crippen molar-refractivity contribution in [2.45, 2.75) is 11.8 Å². The van der Waals surface area contributed by atoms with E-state index in [1.54, 1.807) is 18.2 Å². The Bertz CT molecular complexity index is 866. The number of primary sulfonamides is 1. The van der Waals surface area contributed by atoms with Crippen molar-refractivity contribution in [3.8, 4) is 5.75 Å². The molecule has 0 atom stereocenters. The number of nitrogens with one attached hydrogen (secondary N) is 1. The van der Waals surface area contributed by atoms with Crippen LogP contribution in [0.15, 0.2) is 41.3 Å². The molecule has 0 saturated heterocycles. The Hall–Kier alpha value is -2.09. The molecule has 0 aliphatic rings. The van der Waals surface area contributed by atoms with Gasteiger partial charge in [0.1, 0.15) is 5.75 Å². The lowest BCUT2D eigenvalue weighted by atomic mass is 10.1. The summed E-state index contributed by atoms with van der Waals surface area (Å²) < 4.78 is 28.0. The van der Waals surface area contributed by atoms with E-state index in [9.17, 15) is 13.2 Å². The molecule has 6 nitrogen and oxygen atoms in total. The van der Waals surface area contributed by atoms with Crippen LogP contribution in [0.25, 0.3) is 0 Å². The lowest BCUT2D eigenvalue weighted by Gasteiger charge is -2.12. The molecule has 0 bridgehead atoms. The van der Waals surface area contributed by atoms with Gasteiger partial charge in [0.25, 0.3) is 5.91 Å². The minimum absolute atomic E-state index is 0.0377. The summed E-state index contributed by atoms with van der Waals surface area (Å²) in [6, 6.07) is 8.95. The number of rotatable bonds is 4. The number of nitrogens with two attached hydrogens (primary N) is 1. The molecule has 0 aromatic heterocycles. The van der Waals surface area contributed by atoms with Gasteiger partial charge in [0.2, 0.25) is 10.0 Å². The number of halogens is 1. The molecule has 0 heterocycles. The second kappa shape index (κ2) is 6.57. The van der Waals surface area contributed by atoms with E-state index in [0.29, 0.717) is 10.7 Å². The summed E-state index contributed by atoms with van der Waals surface area (Å²) in [5.74, 6) is -0.337. The molecular weight excluding hydrogens is 340 g/mol. The van der Waals surface area contributed by atoms with Crippen molar-refractivity contribution in [3.05, 3.63) is 52.5 Å². The Labute approximate surface area is 139 Å². The number of carbonyl (C=O) groups excluding carboxylic acids is 1. The molecule has 0 unspecified atom stereocenters. The molecule has 3 N–H and O–H groups in total. The second-order valence-corrected chi connectivity index (χ2v) is 6.81. The number of carbonyl (C=O) groups is 1. The molecule has 0 aliphatic heterocycles. The highest BCUT2D eigenvalue weighted by Gasteiger charge is 2.18. The summed E-state index contributed by atoms with van der Waals surface area (Å²) >= 11 is 6.08. The van der Waals surface area contributed by atoms with E-state index in [2.05, 4.69) is 5.32 Å². The lowest BCUT2D eigenvalue weighted by Crippen LogP contribution is -2.17. The summed E-state index contributed by atoms with van der Waals surface area (Å²) in [6.07, 6.45) is 0. The normalized spacial score (nSPS) is 11.1. The highest BCUT2D eigenvalue weighted by atomic mass is 35.5. The zero-order valence-electron chi connectivity index (χ0n) is 12.5. The van der Waals surface area contributed by atoms with Crippen LogP contribution in [0.3, 0.4) is 0 Å². The summed E-state index contributed by atoms with van der Waals surface area (Å²) in [5.41, 5.74) is 1.39.